The average Bonchev–Trinajstić information content (AvgIpc) is 1.69. The number of rotatable bonds is 0. The number of H-pyrrole nitrogens is 1. The van der Waals surface area contributed by atoms with Crippen LogP contribution >= 0.6 is 0 Å². The van der Waals surface area contributed by atoms with Gasteiger partial charge in [-0.2, -0.15) is 0 Å². The average molecular weight is 152 g/mol. The summed E-state index contributed by atoms with van der Waals surface area (Å²) in [5, 5.41) is 0. The predicted molar refractivity (Wildman–Crippen MR) is 24.9 cm³/mol. The van der Waals surface area contributed by atoms with Crippen LogP contribution in [0.3, 0.4) is 0 Å². The molecule has 1 aromatic rings. The zero-order chi connectivity index (χ0) is 5.11. The van der Waals surface area contributed by atoms with Crippen molar-refractivity contribution in [3.05, 3.63) is 28.9 Å². The molecule has 0 fully saturated rings. The molecule has 1 heterocycles. The van der Waals surface area contributed by atoms with Crippen molar-refractivity contribution >= 4 is 0 Å². The van der Waals surface area contributed by atoms with Crippen LogP contribution in [-0.4, -0.2) is 9.97 Å². The first kappa shape index (κ1) is 7.40. The molecule has 4 heteroatoms. The minimum atomic E-state index is -0.164. The molecule has 41 valence electrons. The first-order chi connectivity index (χ1) is 3.39. The van der Waals surface area contributed by atoms with Crippen LogP contribution in [-0.2, 0) is 17.1 Å². The van der Waals surface area contributed by atoms with Crippen molar-refractivity contribution in [2.45, 2.75) is 0 Å². The Labute approximate surface area is 56.6 Å². The Hall–Kier alpha value is -0.601. The standard InChI is InChI=1S/C4H4N2O.Fe/c7-4-3-5-1-2-6-4;/h1-3H,(H,6,7);/q;+3. The molecule has 3 nitrogen and oxygen atoms in total. The third-order valence-electron chi connectivity index (χ3n) is 0.578. The van der Waals surface area contributed by atoms with Crippen molar-refractivity contribution in [1.82, 2.24) is 9.97 Å². The summed E-state index contributed by atoms with van der Waals surface area (Å²) in [6.45, 7) is 0. The van der Waals surface area contributed by atoms with Crippen molar-refractivity contribution in [3.8, 4) is 0 Å². The maximum absolute atomic E-state index is 10.2. The second-order valence-electron chi connectivity index (χ2n) is 1.10. The summed E-state index contributed by atoms with van der Waals surface area (Å²) in [4.78, 5) is 16.1. The van der Waals surface area contributed by atoms with Crippen molar-refractivity contribution < 1.29 is 17.1 Å². The largest absolute Gasteiger partial charge is 3.00 e. The second-order valence-corrected chi connectivity index (χ2v) is 1.10. The summed E-state index contributed by atoms with van der Waals surface area (Å²) in [5.41, 5.74) is -0.164. The van der Waals surface area contributed by atoms with Crippen LogP contribution in [0.15, 0.2) is 23.4 Å². The van der Waals surface area contributed by atoms with Gasteiger partial charge in [0, 0.05) is 12.4 Å². The van der Waals surface area contributed by atoms with Crippen LogP contribution in [0.1, 0.15) is 0 Å². The molecule has 0 amide bonds. The van der Waals surface area contributed by atoms with Crippen molar-refractivity contribution in [2.24, 2.45) is 0 Å². The van der Waals surface area contributed by atoms with Gasteiger partial charge in [0.05, 0.1) is 6.20 Å². The van der Waals surface area contributed by atoms with Crippen LogP contribution < -0.4 is 5.56 Å². The van der Waals surface area contributed by atoms with E-state index >= 15 is 0 Å². The van der Waals surface area contributed by atoms with Crippen molar-refractivity contribution in [1.29, 1.82) is 0 Å². The van der Waals surface area contributed by atoms with Crippen molar-refractivity contribution in [2.75, 3.05) is 0 Å². The molecule has 1 aromatic heterocycles. The summed E-state index contributed by atoms with van der Waals surface area (Å²) in [7, 11) is 0. The first-order valence-corrected chi connectivity index (χ1v) is 1.88. The van der Waals surface area contributed by atoms with E-state index in [1.807, 2.05) is 0 Å². The minimum absolute atomic E-state index is 0. The fraction of sp³-hybridized carbons (Fsp3) is 0. The van der Waals surface area contributed by atoms with E-state index < -0.39 is 0 Å². The minimum Gasteiger partial charge on any atom is -0.326 e. The summed E-state index contributed by atoms with van der Waals surface area (Å²) in [6, 6.07) is 0. The molecule has 1 N–H and O–H groups in total. The molecule has 0 aromatic carbocycles. The van der Waals surface area contributed by atoms with E-state index in [-0.39, 0.29) is 22.6 Å². The Balaban J connectivity index is 0.000000490. The zero-order valence-corrected chi connectivity index (χ0v) is 5.05. The zero-order valence-electron chi connectivity index (χ0n) is 3.94. The van der Waals surface area contributed by atoms with Gasteiger partial charge >= 0.3 is 17.1 Å². The van der Waals surface area contributed by atoms with E-state index in [1.165, 1.54) is 18.6 Å². The Morgan fingerprint density at radius 2 is 2.38 bits per heavy atom. The van der Waals surface area contributed by atoms with Gasteiger partial charge in [-0.25, -0.2) is 0 Å². The predicted octanol–water partition coefficient (Wildman–Crippen LogP) is -0.233. The number of nitrogens with zero attached hydrogens (tertiary/aromatic N) is 1. The molecule has 8 heavy (non-hydrogen) atoms. The number of hydrogen-bond acceptors (Lipinski definition) is 2. The summed E-state index contributed by atoms with van der Waals surface area (Å²) >= 11 is 0. The quantitative estimate of drug-likeness (QED) is 0.521. The molecule has 0 bridgehead atoms. The fourth-order valence-electron chi connectivity index (χ4n) is 0.310. The Morgan fingerprint density at radius 1 is 1.62 bits per heavy atom. The van der Waals surface area contributed by atoms with Gasteiger partial charge in [-0.15, -0.1) is 0 Å². The van der Waals surface area contributed by atoms with Gasteiger partial charge in [-0.1, -0.05) is 0 Å². The van der Waals surface area contributed by atoms with Gasteiger partial charge in [-0.05, 0) is 0 Å². The number of hydrogen-bond donors (Lipinski definition) is 1. The molecule has 0 aliphatic heterocycles. The molecule has 1 radical (unpaired) electrons. The van der Waals surface area contributed by atoms with Crippen LogP contribution in [0, 0.1) is 0 Å². The fourth-order valence-corrected chi connectivity index (χ4v) is 0.310. The smallest absolute Gasteiger partial charge is 0.326 e. The van der Waals surface area contributed by atoms with E-state index in [9.17, 15) is 4.79 Å². The van der Waals surface area contributed by atoms with Gasteiger partial charge < -0.3 is 4.98 Å². The van der Waals surface area contributed by atoms with Crippen LogP contribution in [0.5, 0.6) is 0 Å². The Kier molecular flexibility index (Phi) is 3.15. The maximum atomic E-state index is 10.2. The summed E-state index contributed by atoms with van der Waals surface area (Å²) in [6.07, 6.45) is 4.23. The van der Waals surface area contributed by atoms with Gasteiger partial charge in [0.15, 0.2) is 0 Å². The molecular weight excluding hydrogens is 148 g/mol. The van der Waals surface area contributed by atoms with Gasteiger partial charge in [0.25, 0.3) is 5.56 Å². The van der Waals surface area contributed by atoms with E-state index in [0.29, 0.717) is 0 Å². The molecule has 0 aliphatic carbocycles. The third-order valence-corrected chi connectivity index (χ3v) is 0.578. The van der Waals surface area contributed by atoms with E-state index in [1.54, 1.807) is 0 Å². The van der Waals surface area contributed by atoms with Crippen LogP contribution in [0.25, 0.3) is 0 Å². The first-order valence-electron chi connectivity index (χ1n) is 1.88. The molecule has 0 unspecified atom stereocenters. The normalized spacial score (nSPS) is 7.50. The maximum Gasteiger partial charge on any atom is 3.00 e. The van der Waals surface area contributed by atoms with Crippen molar-refractivity contribution in [3.63, 3.8) is 0 Å². The number of aromatic nitrogens is 2. The molecule has 0 aliphatic rings. The van der Waals surface area contributed by atoms with E-state index in [2.05, 4.69) is 9.97 Å². The van der Waals surface area contributed by atoms with Crippen LogP contribution in [0.4, 0.5) is 0 Å². The Bertz CT molecular complexity index is 180. The molecular formula is C4H4FeN2O+3. The number of nitrogens with one attached hydrogen (secondary N) is 1. The summed E-state index contributed by atoms with van der Waals surface area (Å²) < 4.78 is 0. The topological polar surface area (TPSA) is 45.8 Å². The van der Waals surface area contributed by atoms with Gasteiger partial charge in [0.1, 0.15) is 0 Å². The SMILES string of the molecule is O=c1cncc[nH]1.[Fe+3]. The van der Waals surface area contributed by atoms with E-state index in [4.69, 9.17) is 0 Å². The monoisotopic (exact) mass is 152 g/mol. The molecule has 0 saturated heterocycles. The second kappa shape index (κ2) is 3.41. The molecule has 0 spiro atoms. The Morgan fingerprint density at radius 3 is 2.62 bits per heavy atom. The molecule has 1 rings (SSSR count). The number of aromatic amines is 1. The molecule has 0 atom stereocenters. The van der Waals surface area contributed by atoms with Gasteiger partial charge in [0.2, 0.25) is 0 Å². The molecule has 0 saturated carbocycles. The van der Waals surface area contributed by atoms with Crippen LogP contribution in [0.2, 0.25) is 0 Å². The summed E-state index contributed by atoms with van der Waals surface area (Å²) in [5.74, 6) is 0. The third kappa shape index (κ3) is 1.91. The van der Waals surface area contributed by atoms with E-state index in [0.717, 1.165) is 0 Å². The van der Waals surface area contributed by atoms with Gasteiger partial charge in [-0.3, -0.25) is 9.78 Å².